The maximum absolute atomic E-state index is 11.2. The van der Waals surface area contributed by atoms with Gasteiger partial charge < -0.3 is 10.6 Å². The highest BCUT2D eigenvalue weighted by atomic mass is 16.6. The summed E-state index contributed by atoms with van der Waals surface area (Å²) in [6.45, 7) is 3.90. The summed E-state index contributed by atoms with van der Waals surface area (Å²) in [6.07, 6.45) is 0.574. The molecule has 18 heavy (non-hydrogen) atoms. The number of piperidine rings is 1. The zero-order valence-electron chi connectivity index (χ0n) is 10.5. The molecule has 2 atom stereocenters. The minimum absolute atomic E-state index is 0.137. The predicted molar refractivity (Wildman–Crippen MR) is 66.5 cm³/mol. The van der Waals surface area contributed by atoms with E-state index in [1.165, 1.54) is 0 Å². The van der Waals surface area contributed by atoms with Crippen LogP contribution in [0.1, 0.15) is 12.6 Å². The van der Waals surface area contributed by atoms with Crippen LogP contribution in [0.5, 0.6) is 0 Å². The zero-order valence-corrected chi connectivity index (χ0v) is 10.5. The highest BCUT2D eigenvalue weighted by molar-refractivity contribution is 5.61. The molecule has 98 valence electrons. The van der Waals surface area contributed by atoms with Crippen molar-refractivity contribution >= 4 is 11.5 Å². The fraction of sp³-hybridized carbons (Fsp3) is 0.727. The third kappa shape index (κ3) is 1.58. The van der Waals surface area contributed by atoms with Crippen LogP contribution in [-0.4, -0.2) is 33.8 Å². The van der Waals surface area contributed by atoms with Gasteiger partial charge in [0.25, 0.3) is 0 Å². The highest BCUT2D eigenvalue weighted by Gasteiger charge is 2.53. The maximum atomic E-state index is 11.2. The first kappa shape index (κ1) is 11.5. The van der Waals surface area contributed by atoms with E-state index in [2.05, 4.69) is 15.7 Å². The second-order valence-corrected chi connectivity index (χ2v) is 5.03. The van der Waals surface area contributed by atoms with Gasteiger partial charge >= 0.3 is 5.69 Å². The minimum Gasteiger partial charge on any atom is -0.361 e. The second-order valence-electron chi connectivity index (χ2n) is 5.03. The molecule has 2 unspecified atom stereocenters. The van der Waals surface area contributed by atoms with E-state index in [1.807, 2.05) is 6.92 Å². The Bertz CT molecular complexity index is 488. The predicted octanol–water partition coefficient (Wildman–Crippen LogP) is 0.520. The molecule has 0 amide bonds. The Balaban J connectivity index is 1.86. The minimum atomic E-state index is -0.329. The number of nitro groups is 1. The summed E-state index contributed by atoms with van der Waals surface area (Å²) < 4.78 is 1.60. The smallest absolute Gasteiger partial charge is 0.333 e. The lowest BCUT2D eigenvalue weighted by atomic mass is 10.3. The van der Waals surface area contributed by atoms with Crippen molar-refractivity contribution in [2.24, 2.45) is 18.9 Å². The van der Waals surface area contributed by atoms with Crippen molar-refractivity contribution in [2.75, 3.05) is 18.4 Å². The molecule has 1 aromatic rings. The SMILES string of the molecule is CCc1nn(C)c(NC2C3CNCC32)c1[N+](=O)[O-]. The van der Waals surface area contributed by atoms with Crippen LogP contribution in [0.4, 0.5) is 11.5 Å². The molecular weight excluding hydrogens is 234 g/mol. The average Bonchev–Trinajstić information content (AvgIpc) is 2.72. The fourth-order valence-corrected chi connectivity index (χ4v) is 2.95. The van der Waals surface area contributed by atoms with E-state index in [9.17, 15) is 10.1 Å². The van der Waals surface area contributed by atoms with Gasteiger partial charge in [-0.2, -0.15) is 5.10 Å². The van der Waals surface area contributed by atoms with E-state index in [4.69, 9.17) is 0 Å². The molecule has 2 aliphatic rings. The van der Waals surface area contributed by atoms with Crippen molar-refractivity contribution < 1.29 is 4.92 Å². The number of rotatable bonds is 4. The molecule has 7 nitrogen and oxygen atoms in total. The van der Waals surface area contributed by atoms with Crippen LogP contribution in [0, 0.1) is 22.0 Å². The molecule has 0 bridgehead atoms. The first-order valence-corrected chi connectivity index (χ1v) is 6.31. The lowest BCUT2D eigenvalue weighted by molar-refractivity contribution is -0.384. The quantitative estimate of drug-likeness (QED) is 0.602. The topological polar surface area (TPSA) is 85.0 Å². The summed E-state index contributed by atoms with van der Waals surface area (Å²) in [7, 11) is 1.75. The van der Waals surface area contributed by atoms with Gasteiger partial charge in [-0.25, -0.2) is 4.68 Å². The van der Waals surface area contributed by atoms with Crippen molar-refractivity contribution in [3.05, 3.63) is 15.8 Å². The molecule has 1 saturated heterocycles. The Morgan fingerprint density at radius 2 is 2.22 bits per heavy atom. The standard InChI is InChI=1S/C11H17N5O2/c1-3-8-10(16(17)18)11(15(2)14-8)13-9-6-4-12-5-7(6)9/h6-7,9,12-13H,3-5H2,1-2H3. The third-order valence-electron chi connectivity index (χ3n) is 4.00. The Morgan fingerprint density at radius 1 is 1.56 bits per heavy atom. The molecule has 7 heteroatoms. The molecule has 2 N–H and O–H groups in total. The van der Waals surface area contributed by atoms with E-state index in [0.717, 1.165) is 13.1 Å². The van der Waals surface area contributed by atoms with Gasteiger partial charge in [-0.15, -0.1) is 0 Å². The van der Waals surface area contributed by atoms with E-state index < -0.39 is 0 Å². The average molecular weight is 251 g/mol. The van der Waals surface area contributed by atoms with E-state index in [1.54, 1.807) is 11.7 Å². The summed E-state index contributed by atoms with van der Waals surface area (Å²) in [5.41, 5.74) is 0.687. The summed E-state index contributed by atoms with van der Waals surface area (Å²) in [5, 5.41) is 22.0. The number of aromatic nitrogens is 2. The van der Waals surface area contributed by atoms with Gasteiger partial charge in [0.1, 0.15) is 5.69 Å². The van der Waals surface area contributed by atoms with Gasteiger partial charge in [-0.05, 0) is 18.3 Å². The number of nitrogens with one attached hydrogen (secondary N) is 2. The lowest BCUT2D eigenvalue weighted by Crippen LogP contribution is -2.22. The molecule has 0 radical (unpaired) electrons. The van der Waals surface area contributed by atoms with Gasteiger partial charge in [-0.1, -0.05) is 6.92 Å². The zero-order chi connectivity index (χ0) is 12.9. The van der Waals surface area contributed by atoms with Crippen molar-refractivity contribution in [1.29, 1.82) is 0 Å². The van der Waals surface area contributed by atoms with Crippen molar-refractivity contribution in [1.82, 2.24) is 15.1 Å². The van der Waals surface area contributed by atoms with Crippen LogP contribution in [-0.2, 0) is 13.5 Å². The van der Waals surface area contributed by atoms with Crippen LogP contribution < -0.4 is 10.6 Å². The normalized spacial score (nSPS) is 29.1. The van der Waals surface area contributed by atoms with Crippen LogP contribution in [0.25, 0.3) is 0 Å². The fourth-order valence-electron chi connectivity index (χ4n) is 2.95. The van der Waals surface area contributed by atoms with Gasteiger partial charge in [0.15, 0.2) is 0 Å². The first-order chi connectivity index (χ1) is 8.63. The molecule has 1 aliphatic heterocycles. The first-order valence-electron chi connectivity index (χ1n) is 6.31. The third-order valence-corrected chi connectivity index (χ3v) is 4.00. The van der Waals surface area contributed by atoms with Crippen molar-refractivity contribution in [3.8, 4) is 0 Å². The maximum Gasteiger partial charge on any atom is 0.333 e. The molecule has 1 saturated carbocycles. The Morgan fingerprint density at radius 3 is 2.78 bits per heavy atom. The lowest BCUT2D eigenvalue weighted by Gasteiger charge is -2.08. The molecule has 1 aliphatic carbocycles. The van der Waals surface area contributed by atoms with Crippen molar-refractivity contribution in [3.63, 3.8) is 0 Å². The van der Waals surface area contributed by atoms with Crippen LogP contribution >= 0.6 is 0 Å². The summed E-state index contributed by atoms with van der Waals surface area (Å²) in [4.78, 5) is 10.8. The monoisotopic (exact) mass is 251 g/mol. The number of anilines is 1. The number of nitrogens with zero attached hydrogens (tertiary/aromatic N) is 3. The van der Waals surface area contributed by atoms with Gasteiger partial charge in [-0.3, -0.25) is 10.1 Å². The van der Waals surface area contributed by atoms with Crippen LogP contribution in [0.2, 0.25) is 0 Å². The van der Waals surface area contributed by atoms with Gasteiger partial charge in [0.05, 0.1) is 4.92 Å². The van der Waals surface area contributed by atoms with E-state index >= 15 is 0 Å². The molecule has 0 spiro atoms. The molecular formula is C11H17N5O2. The number of aryl methyl sites for hydroxylation is 2. The highest BCUT2D eigenvalue weighted by Crippen LogP contribution is 2.45. The summed E-state index contributed by atoms with van der Waals surface area (Å²) in [5.74, 6) is 1.78. The van der Waals surface area contributed by atoms with Crippen LogP contribution in [0.15, 0.2) is 0 Å². The number of hydrogen-bond donors (Lipinski definition) is 2. The van der Waals surface area contributed by atoms with Crippen LogP contribution in [0.3, 0.4) is 0 Å². The van der Waals surface area contributed by atoms with Gasteiger partial charge in [0.2, 0.25) is 5.82 Å². The molecule has 2 fully saturated rings. The van der Waals surface area contributed by atoms with Crippen molar-refractivity contribution in [2.45, 2.75) is 19.4 Å². The largest absolute Gasteiger partial charge is 0.361 e. The number of fused-ring (bicyclic) bond motifs is 1. The number of hydrogen-bond acceptors (Lipinski definition) is 5. The molecule has 0 aromatic carbocycles. The second kappa shape index (κ2) is 3.94. The Kier molecular flexibility index (Phi) is 2.51. The van der Waals surface area contributed by atoms with Gasteiger partial charge in [0, 0.05) is 26.2 Å². The molecule has 1 aromatic heterocycles. The van der Waals surface area contributed by atoms with E-state index in [0.29, 0.717) is 35.8 Å². The molecule has 2 heterocycles. The Hall–Kier alpha value is -1.63. The Labute approximate surface area is 105 Å². The van der Waals surface area contributed by atoms with E-state index in [-0.39, 0.29) is 10.6 Å². The summed E-state index contributed by atoms with van der Waals surface area (Å²) in [6, 6.07) is 0.366. The molecule has 3 rings (SSSR count). The summed E-state index contributed by atoms with van der Waals surface area (Å²) >= 11 is 0.